The Kier molecular flexibility index (Phi) is 4.11. The number of benzene rings is 1. The largest absolute Gasteiger partial charge is 0.383 e. The number of aromatic nitrogens is 3. The van der Waals surface area contributed by atoms with Crippen molar-refractivity contribution in [2.45, 2.75) is 19.1 Å². The Morgan fingerprint density at radius 2 is 1.81 bits per heavy atom. The molecule has 2 aromatic rings. The fraction of sp³-hybridized carbons (Fsp3) is 0.444. The van der Waals surface area contributed by atoms with E-state index in [1.165, 1.54) is 7.05 Å². The molecule has 3 amide bonds. The third kappa shape index (κ3) is 2.49. The van der Waals surface area contributed by atoms with E-state index >= 15 is 0 Å². The molecule has 142 valence electrons. The van der Waals surface area contributed by atoms with Gasteiger partial charge in [0.2, 0.25) is 5.95 Å². The fourth-order valence-electron chi connectivity index (χ4n) is 3.77. The minimum Gasteiger partial charge on any atom is -0.383 e. The molecule has 1 saturated heterocycles. The van der Waals surface area contributed by atoms with Gasteiger partial charge in [-0.25, -0.2) is 4.79 Å². The average Bonchev–Trinajstić information content (AvgIpc) is 3.22. The molecule has 1 fully saturated rings. The summed E-state index contributed by atoms with van der Waals surface area (Å²) in [6.07, 6.45) is -0.501. The van der Waals surface area contributed by atoms with E-state index in [2.05, 4.69) is 10.2 Å². The third-order valence-electron chi connectivity index (χ3n) is 5.23. The lowest BCUT2D eigenvalue weighted by Crippen LogP contribution is -2.61. The molecule has 2 unspecified atom stereocenters. The first-order chi connectivity index (χ1) is 13.0. The van der Waals surface area contributed by atoms with E-state index in [4.69, 9.17) is 4.74 Å². The molecule has 0 aliphatic carbocycles. The number of carbonyl (C=O) groups excluding carboxylic acids is 2. The van der Waals surface area contributed by atoms with Crippen LogP contribution in [0.4, 0.5) is 10.7 Å². The number of likely N-dealkylation sites (N-methyl/N-ethyl adjacent to an activating group) is 2. The molecule has 4 rings (SSSR count). The third-order valence-corrected chi connectivity index (χ3v) is 5.23. The molecule has 1 aromatic heterocycles. The summed E-state index contributed by atoms with van der Waals surface area (Å²) < 4.78 is 7.09. The summed E-state index contributed by atoms with van der Waals surface area (Å²) in [6, 6.07) is 7.05. The molecule has 3 heterocycles. The second kappa shape index (κ2) is 6.34. The highest BCUT2D eigenvalue weighted by Gasteiger charge is 2.54. The van der Waals surface area contributed by atoms with Crippen molar-refractivity contribution in [1.29, 1.82) is 0 Å². The summed E-state index contributed by atoms with van der Waals surface area (Å²) in [7, 11) is 4.82. The zero-order valence-electron chi connectivity index (χ0n) is 15.8. The van der Waals surface area contributed by atoms with Gasteiger partial charge in [-0.2, -0.15) is 0 Å². The summed E-state index contributed by atoms with van der Waals surface area (Å²) in [5, 5.41) is 8.71. The van der Waals surface area contributed by atoms with Crippen molar-refractivity contribution in [3.63, 3.8) is 0 Å². The molecule has 1 aromatic carbocycles. The van der Waals surface area contributed by atoms with Crippen LogP contribution in [0.25, 0.3) is 11.4 Å². The van der Waals surface area contributed by atoms with Crippen molar-refractivity contribution in [1.82, 2.24) is 24.6 Å². The summed E-state index contributed by atoms with van der Waals surface area (Å²) in [6.45, 7) is 2.93. The SMILES string of the molecule is COCCN1c2nnc(-c3ccc(C)cc3)n2C2C1C(=O)N(C)C(=O)N2C. The number of fused-ring (bicyclic) bond motifs is 3. The van der Waals surface area contributed by atoms with Crippen molar-refractivity contribution in [3.05, 3.63) is 29.8 Å². The van der Waals surface area contributed by atoms with Gasteiger partial charge in [-0.05, 0) is 6.92 Å². The number of hydrogen-bond acceptors (Lipinski definition) is 6. The topological polar surface area (TPSA) is 83.8 Å². The predicted molar refractivity (Wildman–Crippen MR) is 98.2 cm³/mol. The van der Waals surface area contributed by atoms with E-state index < -0.39 is 12.2 Å². The lowest BCUT2D eigenvalue weighted by atomic mass is 10.1. The first kappa shape index (κ1) is 17.5. The van der Waals surface area contributed by atoms with Gasteiger partial charge in [-0.1, -0.05) is 29.8 Å². The van der Waals surface area contributed by atoms with Crippen LogP contribution in [0.15, 0.2) is 24.3 Å². The maximum atomic E-state index is 12.9. The Morgan fingerprint density at radius 1 is 1.11 bits per heavy atom. The van der Waals surface area contributed by atoms with Crippen LogP contribution in [0.2, 0.25) is 0 Å². The number of urea groups is 1. The summed E-state index contributed by atoms with van der Waals surface area (Å²) >= 11 is 0. The highest BCUT2D eigenvalue weighted by Crippen LogP contribution is 2.41. The van der Waals surface area contributed by atoms with Gasteiger partial charge < -0.3 is 14.5 Å². The van der Waals surface area contributed by atoms with Crippen LogP contribution in [0, 0.1) is 6.92 Å². The number of nitrogens with zero attached hydrogens (tertiary/aromatic N) is 6. The fourth-order valence-corrected chi connectivity index (χ4v) is 3.77. The average molecular weight is 370 g/mol. The van der Waals surface area contributed by atoms with Crippen LogP contribution in [0.3, 0.4) is 0 Å². The van der Waals surface area contributed by atoms with Crippen LogP contribution in [-0.2, 0) is 9.53 Å². The number of anilines is 1. The summed E-state index contributed by atoms with van der Waals surface area (Å²) in [5.74, 6) is 0.956. The first-order valence-electron chi connectivity index (χ1n) is 8.77. The van der Waals surface area contributed by atoms with E-state index in [-0.39, 0.29) is 11.9 Å². The van der Waals surface area contributed by atoms with Crippen molar-refractivity contribution in [3.8, 4) is 11.4 Å². The molecule has 9 heteroatoms. The quantitative estimate of drug-likeness (QED) is 0.802. The second-order valence-electron chi connectivity index (χ2n) is 6.90. The number of rotatable bonds is 4. The molecule has 2 aliphatic heterocycles. The van der Waals surface area contributed by atoms with Crippen molar-refractivity contribution < 1.29 is 14.3 Å². The van der Waals surface area contributed by atoms with Crippen molar-refractivity contribution in [2.75, 3.05) is 39.3 Å². The molecular formula is C18H22N6O3. The number of imide groups is 1. The van der Waals surface area contributed by atoms with Gasteiger partial charge in [-0.15, -0.1) is 10.2 Å². The Balaban J connectivity index is 1.85. The molecule has 0 radical (unpaired) electrons. The molecule has 2 atom stereocenters. The van der Waals surface area contributed by atoms with E-state index in [1.807, 2.05) is 40.7 Å². The maximum Gasteiger partial charge on any atom is 0.327 e. The standard InChI is InChI=1S/C18H22N6O3/c1-11-5-7-12(8-6-11)14-19-20-17-23(9-10-27-4)13-15(24(14)17)21(2)18(26)22(3)16(13)25/h5-8,13,15H,9-10H2,1-4H3. The molecule has 0 bridgehead atoms. The lowest BCUT2D eigenvalue weighted by molar-refractivity contribution is -0.133. The Hall–Kier alpha value is -2.94. The van der Waals surface area contributed by atoms with E-state index in [1.54, 1.807) is 19.1 Å². The van der Waals surface area contributed by atoms with E-state index in [0.717, 1.165) is 16.0 Å². The number of aryl methyl sites for hydroxylation is 1. The highest BCUT2D eigenvalue weighted by molar-refractivity contribution is 6.02. The van der Waals surface area contributed by atoms with Gasteiger partial charge in [-0.3, -0.25) is 14.3 Å². The van der Waals surface area contributed by atoms with Gasteiger partial charge in [0, 0.05) is 33.3 Å². The van der Waals surface area contributed by atoms with Gasteiger partial charge in [0.25, 0.3) is 5.91 Å². The van der Waals surface area contributed by atoms with E-state index in [0.29, 0.717) is 24.9 Å². The van der Waals surface area contributed by atoms with Crippen LogP contribution >= 0.6 is 0 Å². The number of carbonyl (C=O) groups is 2. The number of ether oxygens (including phenoxy) is 1. The smallest absolute Gasteiger partial charge is 0.327 e. The van der Waals surface area contributed by atoms with Crippen molar-refractivity contribution in [2.24, 2.45) is 0 Å². The van der Waals surface area contributed by atoms with Crippen LogP contribution in [0.5, 0.6) is 0 Å². The summed E-state index contributed by atoms with van der Waals surface area (Å²) in [4.78, 5) is 30.1. The Labute approximate surface area is 157 Å². The minimum absolute atomic E-state index is 0.250. The van der Waals surface area contributed by atoms with Crippen molar-refractivity contribution >= 4 is 17.9 Å². The van der Waals surface area contributed by atoms with Crippen LogP contribution < -0.4 is 4.90 Å². The number of amides is 3. The lowest BCUT2D eigenvalue weighted by Gasteiger charge is -2.40. The summed E-state index contributed by atoms with van der Waals surface area (Å²) in [5.41, 5.74) is 2.03. The zero-order chi connectivity index (χ0) is 19.3. The monoisotopic (exact) mass is 370 g/mol. The Morgan fingerprint density at radius 3 is 2.48 bits per heavy atom. The van der Waals surface area contributed by atoms with E-state index in [9.17, 15) is 9.59 Å². The zero-order valence-corrected chi connectivity index (χ0v) is 15.8. The molecule has 27 heavy (non-hydrogen) atoms. The van der Waals surface area contributed by atoms with Gasteiger partial charge in [0.05, 0.1) is 6.61 Å². The minimum atomic E-state index is -0.553. The molecule has 0 spiro atoms. The molecule has 9 nitrogen and oxygen atoms in total. The second-order valence-corrected chi connectivity index (χ2v) is 6.90. The first-order valence-corrected chi connectivity index (χ1v) is 8.77. The molecule has 0 N–H and O–H groups in total. The highest BCUT2D eigenvalue weighted by atomic mass is 16.5. The normalized spacial score (nSPS) is 21.7. The van der Waals surface area contributed by atoms with Crippen LogP contribution in [-0.4, -0.2) is 76.9 Å². The van der Waals surface area contributed by atoms with Crippen LogP contribution in [0.1, 0.15) is 11.7 Å². The number of methoxy groups -OCH3 is 1. The predicted octanol–water partition coefficient (Wildman–Crippen LogP) is 1.11. The van der Waals surface area contributed by atoms with Gasteiger partial charge in [0.1, 0.15) is 6.17 Å². The molecular weight excluding hydrogens is 348 g/mol. The van der Waals surface area contributed by atoms with Gasteiger partial charge >= 0.3 is 6.03 Å². The molecule has 2 aliphatic rings. The maximum absolute atomic E-state index is 12.9. The van der Waals surface area contributed by atoms with Gasteiger partial charge in [0.15, 0.2) is 11.9 Å². The molecule has 0 saturated carbocycles. The Bertz CT molecular complexity index is 893. The number of hydrogen-bond donors (Lipinski definition) is 0.